The van der Waals surface area contributed by atoms with Gasteiger partial charge in [0.2, 0.25) is 5.91 Å². The van der Waals surface area contributed by atoms with Gasteiger partial charge in [0.05, 0.1) is 6.61 Å². The van der Waals surface area contributed by atoms with Crippen molar-refractivity contribution in [2.24, 2.45) is 0 Å². The molecule has 1 amide bonds. The Morgan fingerprint density at radius 1 is 1.44 bits per heavy atom. The van der Waals surface area contributed by atoms with Crippen molar-refractivity contribution in [2.45, 2.75) is 45.1 Å². The number of rotatable bonds is 7. The molecule has 0 radical (unpaired) electrons. The zero-order chi connectivity index (χ0) is 12.5. The van der Waals surface area contributed by atoms with Gasteiger partial charge in [-0.05, 0) is 32.7 Å². The first-order valence-electron chi connectivity index (χ1n) is 6.38. The normalized spacial score (nSPS) is 17.9. The predicted octanol–water partition coefficient (Wildman–Crippen LogP) is 1.01. The zero-order valence-corrected chi connectivity index (χ0v) is 11.7. The lowest BCUT2D eigenvalue weighted by Crippen LogP contribution is -2.32. The second kappa shape index (κ2) is 10.1. The van der Waals surface area contributed by atoms with Crippen LogP contribution in [0.4, 0.5) is 0 Å². The molecule has 1 aliphatic heterocycles. The van der Waals surface area contributed by atoms with Crippen molar-refractivity contribution >= 4 is 24.3 Å². The van der Waals surface area contributed by atoms with Crippen molar-refractivity contribution in [3.05, 3.63) is 0 Å². The number of halogens is 1. The summed E-state index contributed by atoms with van der Waals surface area (Å²) in [7, 11) is 0. The van der Waals surface area contributed by atoms with Crippen LogP contribution in [0, 0.1) is 0 Å². The number of nitrogens with one attached hydrogen (secondary N) is 2. The molecule has 0 aromatic carbocycles. The molecule has 1 unspecified atom stereocenters. The molecule has 0 aromatic heterocycles. The quantitative estimate of drug-likeness (QED) is 0.539. The fourth-order valence-corrected chi connectivity index (χ4v) is 1.92. The molecule has 2 N–H and O–H groups in total. The summed E-state index contributed by atoms with van der Waals surface area (Å²) in [6.45, 7) is 3.76. The Morgan fingerprint density at radius 3 is 2.83 bits per heavy atom. The highest BCUT2D eigenvalue weighted by Gasteiger charge is 2.17. The van der Waals surface area contributed by atoms with E-state index in [9.17, 15) is 9.59 Å². The van der Waals surface area contributed by atoms with E-state index in [0.29, 0.717) is 38.5 Å². The number of hydrogen-bond acceptors (Lipinski definition) is 4. The van der Waals surface area contributed by atoms with Gasteiger partial charge in [-0.15, -0.1) is 12.4 Å². The van der Waals surface area contributed by atoms with Crippen molar-refractivity contribution in [1.82, 2.24) is 10.6 Å². The molecule has 0 saturated carbocycles. The van der Waals surface area contributed by atoms with Crippen LogP contribution in [0.25, 0.3) is 0 Å². The largest absolute Gasteiger partial charge is 0.466 e. The Kier molecular flexibility index (Phi) is 9.69. The summed E-state index contributed by atoms with van der Waals surface area (Å²) in [5, 5.41) is 6.10. The predicted molar refractivity (Wildman–Crippen MR) is 71.8 cm³/mol. The Labute approximate surface area is 114 Å². The third kappa shape index (κ3) is 7.50. The van der Waals surface area contributed by atoms with Crippen LogP contribution in [0.5, 0.6) is 0 Å². The second-order valence-corrected chi connectivity index (χ2v) is 4.26. The molecule has 0 aromatic rings. The van der Waals surface area contributed by atoms with Gasteiger partial charge in [0.25, 0.3) is 0 Å². The first kappa shape index (κ1) is 17.2. The highest BCUT2D eigenvalue weighted by atomic mass is 35.5. The molecule has 18 heavy (non-hydrogen) atoms. The van der Waals surface area contributed by atoms with E-state index in [1.807, 2.05) is 0 Å². The van der Waals surface area contributed by atoms with Crippen molar-refractivity contribution < 1.29 is 14.3 Å². The van der Waals surface area contributed by atoms with E-state index in [0.717, 1.165) is 19.4 Å². The van der Waals surface area contributed by atoms with Crippen LogP contribution in [0.2, 0.25) is 0 Å². The standard InChI is InChI=1S/C12H22N2O3.ClH/c1-2-17-12(16)6-4-8-14-11(15)9-10-5-3-7-13-10;/h10,13H,2-9H2,1H3,(H,14,15);1H. The van der Waals surface area contributed by atoms with E-state index >= 15 is 0 Å². The highest BCUT2D eigenvalue weighted by Crippen LogP contribution is 2.08. The molecule has 1 aliphatic rings. The molecule has 1 atom stereocenters. The zero-order valence-electron chi connectivity index (χ0n) is 10.9. The maximum Gasteiger partial charge on any atom is 0.305 e. The van der Waals surface area contributed by atoms with Gasteiger partial charge in [0, 0.05) is 25.4 Å². The molecule has 6 heteroatoms. The van der Waals surface area contributed by atoms with E-state index in [1.54, 1.807) is 6.92 Å². The topological polar surface area (TPSA) is 67.4 Å². The van der Waals surface area contributed by atoms with Gasteiger partial charge >= 0.3 is 5.97 Å². The van der Waals surface area contributed by atoms with Crippen LogP contribution in [-0.4, -0.2) is 37.6 Å². The summed E-state index contributed by atoms with van der Waals surface area (Å²) in [6, 6.07) is 0.333. The third-order valence-corrected chi connectivity index (χ3v) is 2.78. The number of amides is 1. The Morgan fingerprint density at radius 2 is 2.22 bits per heavy atom. The molecule has 1 fully saturated rings. The molecule has 1 heterocycles. The summed E-state index contributed by atoms with van der Waals surface area (Å²) in [5.74, 6) is -0.132. The molecule has 0 bridgehead atoms. The lowest BCUT2D eigenvalue weighted by atomic mass is 10.1. The molecular formula is C12H23ClN2O3. The lowest BCUT2D eigenvalue weighted by molar-refractivity contribution is -0.143. The highest BCUT2D eigenvalue weighted by molar-refractivity contribution is 5.85. The van der Waals surface area contributed by atoms with Crippen LogP contribution in [-0.2, 0) is 14.3 Å². The monoisotopic (exact) mass is 278 g/mol. The molecule has 0 aliphatic carbocycles. The van der Waals surface area contributed by atoms with Crippen LogP contribution in [0.3, 0.4) is 0 Å². The summed E-state index contributed by atoms with van der Waals surface area (Å²) >= 11 is 0. The molecule has 1 saturated heterocycles. The van der Waals surface area contributed by atoms with Crippen LogP contribution in [0.15, 0.2) is 0 Å². The van der Waals surface area contributed by atoms with Gasteiger partial charge < -0.3 is 15.4 Å². The van der Waals surface area contributed by atoms with Gasteiger partial charge in [0.1, 0.15) is 0 Å². The second-order valence-electron chi connectivity index (χ2n) is 4.26. The first-order chi connectivity index (χ1) is 8.22. The molecule has 0 spiro atoms. The molecular weight excluding hydrogens is 256 g/mol. The van der Waals surface area contributed by atoms with Gasteiger partial charge in [-0.25, -0.2) is 0 Å². The molecule has 5 nitrogen and oxygen atoms in total. The van der Waals surface area contributed by atoms with Gasteiger partial charge in [0.15, 0.2) is 0 Å². The maximum atomic E-state index is 11.5. The summed E-state index contributed by atoms with van der Waals surface area (Å²) in [6.07, 6.45) is 3.79. The maximum absolute atomic E-state index is 11.5. The van der Waals surface area contributed by atoms with Crippen molar-refractivity contribution in [2.75, 3.05) is 19.7 Å². The van der Waals surface area contributed by atoms with E-state index in [-0.39, 0.29) is 24.3 Å². The van der Waals surface area contributed by atoms with Crippen molar-refractivity contribution in [3.63, 3.8) is 0 Å². The van der Waals surface area contributed by atoms with Gasteiger partial charge in [-0.2, -0.15) is 0 Å². The average Bonchev–Trinajstić information content (AvgIpc) is 2.77. The van der Waals surface area contributed by atoms with E-state index in [2.05, 4.69) is 10.6 Å². The number of carbonyl (C=O) groups excluding carboxylic acids is 2. The van der Waals surface area contributed by atoms with E-state index in [4.69, 9.17) is 4.74 Å². The number of ether oxygens (including phenoxy) is 1. The summed E-state index contributed by atoms with van der Waals surface area (Å²) in [5.41, 5.74) is 0. The Bertz CT molecular complexity index is 256. The minimum Gasteiger partial charge on any atom is -0.466 e. The fourth-order valence-electron chi connectivity index (χ4n) is 1.92. The van der Waals surface area contributed by atoms with E-state index in [1.165, 1.54) is 0 Å². The smallest absolute Gasteiger partial charge is 0.305 e. The average molecular weight is 279 g/mol. The lowest BCUT2D eigenvalue weighted by Gasteiger charge is -2.10. The van der Waals surface area contributed by atoms with Crippen molar-refractivity contribution in [3.8, 4) is 0 Å². The molecule has 106 valence electrons. The van der Waals surface area contributed by atoms with Gasteiger partial charge in [-0.1, -0.05) is 0 Å². The molecule has 1 rings (SSSR count). The fraction of sp³-hybridized carbons (Fsp3) is 0.833. The SMILES string of the molecule is CCOC(=O)CCCNC(=O)CC1CCCN1.Cl. The number of hydrogen-bond donors (Lipinski definition) is 2. The minimum absolute atomic E-state index is 0. The number of carbonyl (C=O) groups is 2. The first-order valence-corrected chi connectivity index (χ1v) is 6.38. The van der Waals surface area contributed by atoms with Gasteiger partial charge in [-0.3, -0.25) is 9.59 Å². The van der Waals surface area contributed by atoms with Crippen LogP contribution in [0.1, 0.15) is 39.0 Å². The van der Waals surface area contributed by atoms with Crippen LogP contribution < -0.4 is 10.6 Å². The van der Waals surface area contributed by atoms with Crippen LogP contribution >= 0.6 is 12.4 Å². The summed E-state index contributed by atoms with van der Waals surface area (Å²) in [4.78, 5) is 22.5. The summed E-state index contributed by atoms with van der Waals surface area (Å²) < 4.78 is 4.79. The number of esters is 1. The Hall–Kier alpha value is -0.810. The van der Waals surface area contributed by atoms with E-state index < -0.39 is 0 Å². The minimum atomic E-state index is -0.195. The van der Waals surface area contributed by atoms with Crippen molar-refractivity contribution in [1.29, 1.82) is 0 Å². The Balaban J connectivity index is 0.00000289. The third-order valence-electron chi connectivity index (χ3n) is 2.78.